The molecule has 1 atom stereocenters. The lowest BCUT2D eigenvalue weighted by molar-refractivity contribution is -0.142. The molecule has 2 aromatic rings. The Labute approximate surface area is 206 Å². The molecule has 0 spiro atoms. The third-order valence-corrected chi connectivity index (χ3v) is 6.71. The number of ether oxygens (including phenoxy) is 2. The Balaban J connectivity index is 2.13. The summed E-state index contributed by atoms with van der Waals surface area (Å²) in [5.41, 5.74) is -0.0553. The number of aryl methyl sites for hydroxylation is 1. The van der Waals surface area contributed by atoms with Crippen LogP contribution in [0.3, 0.4) is 0 Å². The second kappa shape index (κ2) is 11.2. The van der Waals surface area contributed by atoms with Gasteiger partial charge >= 0.3 is 18.0 Å². The molecule has 1 aliphatic heterocycles. The molecule has 3 rings (SSSR count). The summed E-state index contributed by atoms with van der Waals surface area (Å²) in [6.45, 7) is 1.71. The number of nitrogens with zero attached hydrogens (tertiary/aromatic N) is 3. The van der Waals surface area contributed by atoms with Gasteiger partial charge in [-0.15, -0.1) is 11.3 Å². The van der Waals surface area contributed by atoms with E-state index < -0.39 is 42.1 Å². The number of amides is 2. The summed E-state index contributed by atoms with van der Waals surface area (Å²) in [6.07, 6.45) is -3.35. The van der Waals surface area contributed by atoms with E-state index in [2.05, 4.69) is 0 Å². The Morgan fingerprint density at radius 2 is 2.06 bits per heavy atom. The molecule has 11 nitrogen and oxygen atoms in total. The van der Waals surface area contributed by atoms with Gasteiger partial charge in [-0.2, -0.15) is 13.2 Å². The normalized spacial score (nSPS) is 16.1. The molecule has 36 heavy (non-hydrogen) atoms. The van der Waals surface area contributed by atoms with Gasteiger partial charge in [0.25, 0.3) is 11.5 Å². The number of carbonyl (C=O) groups excluding carboxylic acids is 1. The number of rotatable bonds is 8. The number of carboxylic acid groups (broad SMARTS) is 1. The highest BCUT2D eigenvalue weighted by Gasteiger charge is 2.32. The van der Waals surface area contributed by atoms with Crippen molar-refractivity contribution >= 4 is 33.6 Å². The molecule has 15 heteroatoms. The molecule has 0 bridgehead atoms. The van der Waals surface area contributed by atoms with Crippen molar-refractivity contribution in [1.29, 1.82) is 0 Å². The summed E-state index contributed by atoms with van der Waals surface area (Å²) < 4.78 is 51.3. The average Bonchev–Trinajstić information content (AvgIpc) is 3.41. The molecule has 198 valence electrons. The van der Waals surface area contributed by atoms with Crippen LogP contribution in [0.2, 0.25) is 0 Å². The number of nitrogens with one attached hydrogen (secondary N) is 1. The molecule has 1 fully saturated rings. The molecular weight excluding hydrogens is 509 g/mol. The van der Waals surface area contributed by atoms with Crippen LogP contribution >= 0.6 is 11.3 Å². The molecular formula is C21H25F3N4O7S. The first-order valence-electron chi connectivity index (χ1n) is 11.0. The third-order valence-electron chi connectivity index (χ3n) is 5.41. The first kappa shape index (κ1) is 27.3. The Morgan fingerprint density at radius 1 is 1.33 bits per heavy atom. The van der Waals surface area contributed by atoms with Gasteiger partial charge in [-0.3, -0.25) is 18.7 Å². The highest BCUT2D eigenvalue weighted by Crippen LogP contribution is 2.30. The van der Waals surface area contributed by atoms with Gasteiger partial charge < -0.3 is 14.6 Å². The molecule has 3 heterocycles. The minimum Gasteiger partial charge on any atom is -0.501 e. The number of carbonyl (C=O) groups is 2. The van der Waals surface area contributed by atoms with E-state index in [1.807, 2.05) is 5.43 Å². The van der Waals surface area contributed by atoms with Gasteiger partial charge in [0.05, 0.1) is 37.4 Å². The van der Waals surface area contributed by atoms with Crippen molar-refractivity contribution in [2.75, 3.05) is 13.2 Å². The Kier molecular flexibility index (Phi) is 8.45. The van der Waals surface area contributed by atoms with Gasteiger partial charge in [0.2, 0.25) is 0 Å². The summed E-state index contributed by atoms with van der Waals surface area (Å²) in [5.74, 6) is -0.783. The van der Waals surface area contributed by atoms with Crippen LogP contribution in [0.4, 0.5) is 18.0 Å². The zero-order valence-corrected chi connectivity index (χ0v) is 20.3. The fraction of sp³-hybridized carbons (Fsp3) is 0.524. The van der Waals surface area contributed by atoms with E-state index in [1.54, 1.807) is 6.92 Å². The van der Waals surface area contributed by atoms with Gasteiger partial charge in [-0.05, 0) is 32.3 Å². The maximum absolute atomic E-state index is 13.2. The van der Waals surface area contributed by atoms with E-state index in [9.17, 15) is 32.3 Å². The fourth-order valence-electron chi connectivity index (χ4n) is 3.79. The lowest BCUT2D eigenvalue weighted by atomic mass is 10.2. The Hall–Kier alpha value is -3.33. The van der Waals surface area contributed by atoms with Gasteiger partial charge in [-0.25, -0.2) is 20.0 Å². The number of hydrazine groups is 1. The fourth-order valence-corrected chi connectivity index (χ4v) is 5.07. The van der Waals surface area contributed by atoms with Crippen LogP contribution in [0, 0.1) is 6.92 Å². The van der Waals surface area contributed by atoms with E-state index in [0.717, 1.165) is 39.7 Å². The van der Waals surface area contributed by atoms with Crippen LogP contribution in [-0.4, -0.2) is 56.7 Å². The number of alkyl halides is 3. The maximum atomic E-state index is 13.2. The van der Waals surface area contributed by atoms with Crippen LogP contribution in [0.15, 0.2) is 21.9 Å². The number of hydrogen-bond donors (Lipinski definition) is 2. The SMILES string of the molecule is CCO/C=C/C(=O)N(Cc1sc2c(c1C)c(=O)n(CC(F)(F)F)c(=O)n2CC1CCCO1)NC(=O)O. The van der Waals surface area contributed by atoms with E-state index in [0.29, 0.717) is 17.9 Å². The van der Waals surface area contributed by atoms with Crippen LogP contribution in [0.5, 0.6) is 0 Å². The van der Waals surface area contributed by atoms with Gasteiger partial charge in [0, 0.05) is 17.6 Å². The molecule has 0 aliphatic carbocycles. The van der Waals surface area contributed by atoms with Crippen molar-refractivity contribution in [2.24, 2.45) is 0 Å². The summed E-state index contributed by atoms with van der Waals surface area (Å²) >= 11 is 0.921. The van der Waals surface area contributed by atoms with Crippen molar-refractivity contribution in [3.05, 3.63) is 43.6 Å². The molecule has 1 unspecified atom stereocenters. The number of halogens is 3. The molecule has 1 saturated heterocycles. The lowest BCUT2D eigenvalue weighted by Gasteiger charge is -2.19. The second-order valence-corrected chi connectivity index (χ2v) is 9.05. The van der Waals surface area contributed by atoms with Crippen LogP contribution in [0.1, 0.15) is 30.2 Å². The number of hydrogen-bond acceptors (Lipinski definition) is 7. The monoisotopic (exact) mass is 534 g/mol. The molecule has 1 aliphatic rings. The first-order chi connectivity index (χ1) is 16.9. The number of fused-ring (bicyclic) bond motifs is 1. The zero-order valence-electron chi connectivity index (χ0n) is 19.5. The standard InChI is InChI=1S/C21H25F3N4O7S/c1-3-34-8-6-15(29)28(25-19(31)32)10-14-12(2)16-17(30)27(11-21(22,23)24)20(33)26(18(16)36-14)9-13-5-4-7-35-13/h6,8,13,25H,3-5,7,9-11H2,1-2H3,(H,31,32)/b8-6+. The Bertz CT molecular complexity index is 1280. The highest BCUT2D eigenvalue weighted by molar-refractivity contribution is 7.18. The maximum Gasteiger partial charge on any atom is 0.423 e. The largest absolute Gasteiger partial charge is 0.501 e. The topological polar surface area (TPSA) is 132 Å². The summed E-state index contributed by atoms with van der Waals surface area (Å²) in [4.78, 5) is 50.2. The quantitative estimate of drug-likeness (QED) is 0.302. The van der Waals surface area contributed by atoms with Gasteiger partial charge in [-0.1, -0.05) is 0 Å². The highest BCUT2D eigenvalue weighted by atomic mass is 32.1. The van der Waals surface area contributed by atoms with Crippen molar-refractivity contribution in [3.63, 3.8) is 0 Å². The molecule has 2 N–H and O–H groups in total. The van der Waals surface area contributed by atoms with Crippen molar-refractivity contribution in [1.82, 2.24) is 19.6 Å². The molecule has 0 saturated carbocycles. The second-order valence-electron chi connectivity index (χ2n) is 7.96. The van der Waals surface area contributed by atoms with E-state index in [-0.39, 0.29) is 40.0 Å². The predicted octanol–water partition coefficient (Wildman–Crippen LogP) is 2.34. The van der Waals surface area contributed by atoms with Crippen molar-refractivity contribution < 1.29 is 37.3 Å². The molecule has 0 radical (unpaired) electrons. The van der Waals surface area contributed by atoms with Crippen LogP contribution in [-0.2, 0) is 33.9 Å². The minimum atomic E-state index is -4.81. The minimum absolute atomic E-state index is 0.0556. The van der Waals surface area contributed by atoms with Crippen molar-refractivity contribution in [3.8, 4) is 0 Å². The number of thiophene rings is 1. The van der Waals surface area contributed by atoms with Gasteiger partial charge in [0.1, 0.15) is 11.4 Å². The third kappa shape index (κ3) is 6.26. The first-order valence-corrected chi connectivity index (χ1v) is 11.8. The Morgan fingerprint density at radius 3 is 2.64 bits per heavy atom. The predicted molar refractivity (Wildman–Crippen MR) is 123 cm³/mol. The van der Waals surface area contributed by atoms with E-state index in [4.69, 9.17) is 14.6 Å². The number of aromatic nitrogens is 2. The lowest BCUT2D eigenvalue weighted by Crippen LogP contribution is -2.44. The molecule has 0 aromatic carbocycles. The zero-order chi connectivity index (χ0) is 26.6. The van der Waals surface area contributed by atoms with E-state index in [1.165, 1.54) is 6.92 Å². The summed E-state index contributed by atoms with van der Waals surface area (Å²) in [5, 5.41) is 9.78. The van der Waals surface area contributed by atoms with Crippen LogP contribution in [0.25, 0.3) is 10.2 Å². The molecule has 2 aromatic heterocycles. The summed E-state index contributed by atoms with van der Waals surface area (Å²) in [6, 6.07) is 0. The van der Waals surface area contributed by atoms with Crippen molar-refractivity contribution in [2.45, 2.75) is 58.6 Å². The van der Waals surface area contributed by atoms with E-state index >= 15 is 0 Å². The smallest absolute Gasteiger partial charge is 0.423 e. The average molecular weight is 535 g/mol. The molecule has 2 amide bonds. The van der Waals surface area contributed by atoms with Crippen LogP contribution < -0.4 is 16.7 Å². The van der Waals surface area contributed by atoms with Gasteiger partial charge in [0.15, 0.2) is 0 Å². The summed E-state index contributed by atoms with van der Waals surface area (Å²) in [7, 11) is 0.